The molecule has 0 aliphatic heterocycles. The number of nitrogens with one attached hydrogen (secondary N) is 1. The number of nitro groups is 1. The van der Waals surface area contributed by atoms with E-state index in [2.05, 4.69) is 5.32 Å². The van der Waals surface area contributed by atoms with Crippen LogP contribution in [0.25, 0.3) is 0 Å². The third-order valence-corrected chi connectivity index (χ3v) is 4.07. The van der Waals surface area contributed by atoms with Crippen LogP contribution in [0.15, 0.2) is 36.4 Å². The minimum atomic E-state index is -0.600. The maximum absolute atomic E-state index is 12.7. The Morgan fingerprint density at radius 3 is 2.43 bits per heavy atom. The second-order valence-electron chi connectivity index (χ2n) is 6.40. The van der Waals surface area contributed by atoms with Crippen molar-refractivity contribution in [1.82, 2.24) is 10.2 Å². The van der Waals surface area contributed by atoms with Crippen molar-refractivity contribution in [2.24, 2.45) is 0 Å². The van der Waals surface area contributed by atoms with Crippen LogP contribution < -0.4 is 14.8 Å². The summed E-state index contributed by atoms with van der Waals surface area (Å²) < 4.78 is 10.6. The monoisotopic (exact) mass is 387 g/mol. The van der Waals surface area contributed by atoms with Crippen LogP contribution >= 0.6 is 0 Å². The molecule has 0 saturated carbocycles. The molecule has 0 aromatic heterocycles. The lowest BCUT2D eigenvalue weighted by atomic mass is 10.1. The Morgan fingerprint density at radius 2 is 1.86 bits per heavy atom. The third kappa shape index (κ3) is 5.20. The van der Waals surface area contributed by atoms with Gasteiger partial charge in [-0.25, -0.2) is 0 Å². The first-order valence-electron chi connectivity index (χ1n) is 8.86. The maximum Gasteiger partial charge on any atom is 0.286 e. The number of carbonyl (C=O) groups is 1. The SMILES string of the molecule is CCOc1cc([N+](=O)[O-])c(C(=O)NCc2ccccc2CN(C)C)cc1OC. The normalized spacial score (nSPS) is 10.6. The van der Waals surface area contributed by atoms with E-state index in [0.717, 1.165) is 17.7 Å². The van der Waals surface area contributed by atoms with Crippen molar-refractivity contribution in [2.45, 2.75) is 20.0 Å². The Balaban J connectivity index is 2.28. The van der Waals surface area contributed by atoms with Gasteiger partial charge < -0.3 is 19.7 Å². The number of methoxy groups -OCH3 is 1. The van der Waals surface area contributed by atoms with Gasteiger partial charge in [0.2, 0.25) is 0 Å². The molecule has 0 radical (unpaired) electrons. The standard InChI is InChI=1S/C20H25N3O5/c1-5-28-19-11-17(23(25)26)16(10-18(19)27-4)20(24)21-12-14-8-6-7-9-15(14)13-22(2)3/h6-11H,5,12-13H2,1-4H3,(H,21,24). The van der Waals surface area contributed by atoms with Crippen molar-refractivity contribution in [3.8, 4) is 11.5 Å². The Hall–Kier alpha value is -3.13. The molecular formula is C20H25N3O5. The van der Waals surface area contributed by atoms with Gasteiger partial charge in [0.1, 0.15) is 5.56 Å². The van der Waals surface area contributed by atoms with E-state index in [1.807, 2.05) is 43.3 Å². The molecule has 8 heteroatoms. The summed E-state index contributed by atoms with van der Waals surface area (Å²) in [4.78, 5) is 25.6. The molecule has 0 unspecified atom stereocenters. The largest absolute Gasteiger partial charge is 0.493 e. The molecule has 150 valence electrons. The molecule has 8 nitrogen and oxygen atoms in total. The minimum absolute atomic E-state index is 0.0737. The molecule has 0 bridgehead atoms. The van der Waals surface area contributed by atoms with E-state index in [9.17, 15) is 14.9 Å². The van der Waals surface area contributed by atoms with Crippen LogP contribution in [0.2, 0.25) is 0 Å². The molecule has 1 amide bonds. The average molecular weight is 387 g/mol. The van der Waals surface area contributed by atoms with Crippen LogP contribution in [-0.4, -0.2) is 43.5 Å². The Morgan fingerprint density at radius 1 is 1.18 bits per heavy atom. The second kappa shape index (κ2) is 9.70. The zero-order valence-corrected chi connectivity index (χ0v) is 16.5. The van der Waals surface area contributed by atoms with Crippen molar-refractivity contribution >= 4 is 11.6 Å². The predicted octanol–water partition coefficient (Wildman–Crippen LogP) is 2.99. The van der Waals surface area contributed by atoms with E-state index in [4.69, 9.17) is 9.47 Å². The maximum atomic E-state index is 12.7. The van der Waals surface area contributed by atoms with Gasteiger partial charge in [-0.3, -0.25) is 14.9 Å². The fourth-order valence-corrected chi connectivity index (χ4v) is 2.81. The highest BCUT2D eigenvalue weighted by molar-refractivity contribution is 5.99. The molecule has 0 saturated heterocycles. The summed E-state index contributed by atoms with van der Waals surface area (Å²) in [7, 11) is 5.35. The number of amides is 1. The topological polar surface area (TPSA) is 93.9 Å². The molecule has 2 aromatic rings. The number of nitrogens with zero attached hydrogens (tertiary/aromatic N) is 2. The van der Waals surface area contributed by atoms with Crippen molar-refractivity contribution in [3.63, 3.8) is 0 Å². The van der Waals surface area contributed by atoms with E-state index < -0.39 is 10.8 Å². The molecule has 2 aromatic carbocycles. The number of hydrogen-bond acceptors (Lipinski definition) is 6. The van der Waals surface area contributed by atoms with Crippen molar-refractivity contribution in [3.05, 3.63) is 63.2 Å². The van der Waals surface area contributed by atoms with E-state index in [1.165, 1.54) is 19.2 Å². The summed E-state index contributed by atoms with van der Waals surface area (Å²) in [5.74, 6) is -0.0529. The number of hydrogen-bond donors (Lipinski definition) is 1. The van der Waals surface area contributed by atoms with Crippen molar-refractivity contribution in [1.29, 1.82) is 0 Å². The molecular weight excluding hydrogens is 362 g/mol. The molecule has 0 fully saturated rings. The minimum Gasteiger partial charge on any atom is -0.493 e. The lowest BCUT2D eigenvalue weighted by Gasteiger charge is -2.15. The molecule has 28 heavy (non-hydrogen) atoms. The molecule has 2 rings (SSSR count). The number of rotatable bonds is 9. The van der Waals surface area contributed by atoms with Gasteiger partial charge >= 0.3 is 0 Å². The van der Waals surface area contributed by atoms with Crippen LogP contribution in [-0.2, 0) is 13.1 Å². The van der Waals surface area contributed by atoms with Gasteiger partial charge in [0.05, 0.1) is 24.7 Å². The number of carbonyl (C=O) groups excluding carboxylic acids is 1. The molecule has 0 heterocycles. The first kappa shape index (κ1) is 21.2. The molecule has 0 atom stereocenters. The van der Waals surface area contributed by atoms with Crippen molar-refractivity contribution in [2.75, 3.05) is 27.8 Å². The van der Waals surface area contributed by atoms with E-state index in [1.54, 1.807) is 6.92 Å². The van der Waals surface area contributed by atoms with Crippen LogP contribution in [0.3, 0.4) is 0 Å². The van der Waals surface area contributed by atoms with E-state index in [0.29, 0.717) is 6.61 Å². The molecule has 1 N–H and O–H groups in total. The van der Waals surface area contributed by atoms with Gasteiger partial charge in [0.15, 0.2) is 11.5 Å². The third-order valence-electron chi connectivity index (χ3n) is 4.07. The Kier molecular flexibility index (Phi) is 7.34. The molecule has 0 spiro atoms. The summed E-state index contributed by atoms with van der Waals surface area (Å²) in [6.45, 7) is 3.07. The van der Waals surface area contributed by atoms with E-state index >= 15 is 0 Å². The predicted molar refractivity (Wildman–Crippen MR) is 106 cm³/mol. The summed E-state index contributed by atoms with van der Waals surface area (Å²) in [5, 5.41) is 14.2. The highest BCUT2D eigenvalue weighted by atomic mass is 16.6. The highest BCUT2D eigenvalue weighted by Gasteiger charge is 2.24. The fourth-order valence-electron chi connectivity index (χ4n) is 2.81. The van der Waals surface area contributed by atoms with Gasteiger partial charge in [-0.15, -0.1) is 0 Å². The number of benzene rings is 2. The zero-order chi connectivity index (χ0) is 20.7. The quantitative estimate of drug-likeness (QED) is 0.525. The average Bonchev–Trinajstić information content (AvgIpc) is 2.66. The summed E-state index contributed by atoms with van der Waals surface area (Å²) in [6.07, 6.45) is 0. The van der Waals surface area contributed by atoms with Crippen LogP contribution in [0.4, 0.5) is 5.69 Å². The van der Waals surface area contributed by atoms with Crippen LogP contribution in [0, 0.1) is 10.1 Å². The summed E-state index contributed by atoms with van der Waals surface area (Å²) in [6, 6.07) is 10.3. The number of nitro benzene ring substituents is 1. The first-order valence-corrected chi connectivity index (χ1v) is 8.86. The van der Waals surface area contributed by atoms with Gasteiger partial charge in [-0.1, -0.05) is 24.3 Å². The van der Waals surface area contributed by atoms with Crippen LogP contribution in [0.5, 0.6) is 11.5 Å². The summed E-state index contributed by atoms with van der Waals surface area (Å²) >= 11 is 0. The second-order valence-corrected chi connectivity index (χ2v) is 6.40. The van der Waals surface area contributed by atoms with Gasteiger partial charge in [0, 0.05) is 19.2 Å². The van der Waals surface area contributed by atoms with Gasteiger partial charge in [-0.05, 0) is 32.1 Å². The molecule has 0 aliphatic carbocycles. The fraction of sp³-hybridized carbons (Fsp3) is 0.350. The Labute approximate surface area is 164 Å². The first-order chi connectivity index (χ1) is 13.4. The summed E-state index contributed by atoms with van der Waals surface area (Å²) in [5.41, 5.74) is 1.62. The zero-order valence-electron chi connectivity index (χ0n) is 16.5. The van der Waals surface area contributed by atoms with Gasteiger partial charge in [0.25, 0.3) is 11.6 Å². The Bertz CT molecular complexity index is 852. The highest BCUT2D eigenvalue weighted by Crippen LogP contribution is 2.34. The van der Waals surface area contributed by atoms with Crippen LogP contribution in [0.1, 0.15) is 28.4 Å². The molecule has 0 aliphatic rings. The number of ether oxygens (including phenoxy) is 2. The lowest BCUT2D eigenvalue weighted by Crippen LogP contribution is -2.25. The smallest absolute Gasteiger partial charge is 0.286 e. The lowest BCUT2D eigenvalue weighted by molar-refractivity contribution is -0.385. The van der Waals surface area contributed by atoms with Gasteiger partial charge in [-0.2, -0.15) is 0 Å². The van der Waals surface area contributed by atoms with E-state index in [-0.39, 0.29) is 29.3 Å². The van der Waals surface area contributed by atoms with Crippen molar-refractivity contribution < 1.29 is 19.2 Å².